The molecular formula is C23H22ClN9O3. The Hall–Kier alpha value is -4.50. The number of benzene rings is 2. The van der Waals surface area contributed by atoms with Gasteiger partial charge in [-0.15, -0.1) is 5.10 Å². The van der Waals surface area contributed by atoms with Crippen molar-refractivity contribution < 1.29 is 14.3 Å². The van der Waals surface area contributed by atoms with Crippen LogP contribution in [-0.4, -0.2) is 63.2 Å². The highest BCUT2D eigenvalue weighted by molar-refractivity contribution is 6.34. The summed E-state index contributed by atoms with van der Waals surface area (Å²) in [5, 5.41) is 32.4. The first kappa shape index (κ1) is 24.6. The van der Waals surface area contributed by atoms with E-state index >= 15 is 0 Å². The topological polar surface area (TPSA) is 154 Å². The SMILES string of the molecule is CCOc1cc(C2=NN(C(=O)c3ccc(NN=C(C#N)c4nnn[nH]4)cc3Cl)CCC2)ccc1OC. The Labute approximate surface area is 211 Å². The largest absolute Gasteiger partial charge is 0.493 e. The molecule has 0 fully saturated rings. The Morgan fingerprint density at radius 2 is 2.17 bits per heavy atom. The van der Waals surface area contributed by atoms with Gasteiger partial charge in [-0.25, -0.2) is 10.1 Å². The van der Waals surface area contributed by atoms with E-state index < -0.39 is 0 Å². The molecule has 36 heavy (non-hydrogen) atoms. The van der Waals surface area contributed by atoms with Crippen LogP contribution in [0.5, 0.6) is 11.5 Å². The summed E-state index contributed by atoms with van der Waals surface area (Å²) in [5.41, 5.74) is 5.06. The van der Waals surface area contributed by atoms with Gasteiger partial charge in [-0.1, -0.05) is 11.6 Å². The van der Waals surface area contributed by atoms with Gasteiger partial charge in [0.15, 0.2) is 11.5 Å². The number of ether oxygens (including phenoxy) is 2. The first-order valence-corrected chi connectivity index (χ1v) is 11.4. The van der Waals surface area contributed by atoms with E-state index in [-0.39, 0.29) is 22.5 Å². The minimum Gasteiger partial charge on any atom is -0.493 e. The number of carbonyl (C=O) groups is 1. The molecule has 2 heterocycles. The van der Waals surface area contributed by atoms with Gasteiger partial charge in [0.2, 0.25) is 11.5 Å². The molecule has 0 unspecified atom stereocenters. The van der Waals surface area contributed by atoms with Crippen molar-refractivity contribution in [2.75, 3.05) is 25.7 Å². The molecule has 1 amide bonds. The van der Waals surface area contributed by atoms with Crippen molar-refractivity contribution in [3.63, 3.8) is 0 Å². The van der Waals surface area contributed by atoms with Gasteiger partial charge in [0.05, 0.1) is 35.7 Å². The molecule has 1 aromatic heterocycles. The number of aromatic nitrogens is 4. The van der Waals surface area contributed by atoms with Crippen LogP contribution < -0.4 is 14.9 Å². The Balaban J connectivity index is 1.52. The van der Waals surface area contributed by atoms with Crippen LogP contribution in [0.25, 0.3) is 0 Å². The van der Waals surface area contributed by atoms with Crippen LogP contribution in [0.2, 0.25) is 5.02 Å². The summed E-state index contributed by atoms with van der Waals surface area (Å²) in [6.45, 7) is 2.87. The molecule has 0 spiro atoms. The normalized spacial score (nSPS) is 13.6. The third-order valence-electron chi connectivity index (χ3n) is 5.23. The third kappa shape index (κ3) is 5.42. The molecule has 184 valence electrons. The maximum Gasteiger partial charge on any atom is 0.275 e. The van der Waals surface area contributed by atoms with E-state index in [2.05, 4.69) is 36.3 Å². The fourth-order valence-corrected chi connectivity index (χ4v) is 3.78. The van der Waals surface area contributed by atoms with Crippen molar-refractivity contribution in [3.05, 3.63) is 58.4 Å². The highest BCUT2D eigenvalue weighted by Gasteiger charge is 2.23. The van der Waals surface area contributed by atoms with Crippen molar-refractivity contribution >= 4 is 34.6 Å². The first-order chi connectivity index (χ1) is 17.5. The number of hydrogen-bond acceptors (Lipinski definition) is 10. The van der Waals surface area contributed by atoms with Gasteiger partial charge in [-0.05, 0) is 66.6 Å². The standard InChI is InChI=1S/C23H22ClN9O3/c1-3-36-21-11-14(6-9-20(21)35-2)18-5-4-10-33(30-18)23(34)16-8-7-15(12-17(16)24)26-27-19(13-25)22-28-31-32-29-22/h6-9,11-12,26H,3-5,10H2,1-2H3,(H,28,29,31,32). The summed E-state index contributed by atoms with van der Waals surface area (Å²) in [4.78, 5) is 13.2. The van der Waals surface area contributed by atoms with Gasteiger partial charge < -0.3 is 9.47 Å². The molecule has 12 nitrogen and oxygen atoms in total. The first-order valence-electron chi connectivity index (χ1n) is 11.0. The Morgan fingerprint density at radius 3 is 2.86 bits per heavy atom. The van der Waals surface area contributed by atoms with Crippen LogP contribution in [0.3, 0.4) is 0 Å². The van der Waals surface area contributed by atoms with Crippen molar-refractivity contribution in [2.45, 2.75) is 19.8 Å². The molecule has 2 N–H and O–H groups in total. The number of amides is 1. The number of nitrogens with one attached hydrogen (secondary N) is 2. The summed E-state index contributed by atoms with van der Waals surface area (Å²) >= 11 is 6.42. The molecule has 1 aliphatic rings. The summed E-state index contributed by atoms with van der Waals surface area (Å²) in [7, 11) is 1.59. The number of methoxy groups -OCH3 is 1. The Morgan fingerprint density at radius 1 is 1.31 bits per heavy atom. The predicted molar refractivity (Wildman–Crippen MR) is 132 cm³/mol. The second kappa shape index (κ2) is 11.3. The van der Waals surface area contributed by atoms with Crippen LogP contribution in [-0.2, 0) is 0 Å². The lowest BCUT2D eigenvalue weighted by Gasteiger charge is -2.24. The predicted octanol–water partition coefficient (Wildman–Crippen LogP) is 3.24. The van der Waals surface area contributed by atoms with E-state index in [1.54, 1.807) is 25.3 Å². The Bertz CT molecular complexity index is 1350. The molecule has 13 heteroatoms. The third-order valence-corrected chi connectivity index (χ3v) is 5.54. The number of anilines is 1. The zero-order valence-corrected chi connectivity index (χ0v) is 20.3. The van der Waals surface area contributed by atoms with Gasteiger partial charge in [0.25, 0.3) is 5.91 Å². The number of carbonyl (C=O) groups excluding carboxylic acids is 1. The lowest BCUT2D eigenvalue weighted by Crippen LogP contribution is -2.32. The lowest BCUT2D eigenvalue weighted by molar-refractivity contribution is 0.0752. The molecule has 0 radical (unpaired) electrons. The summed E-state index contributed by atoms with van der Waals surface area (Å²) in [6.07, 6.45) is 1.47. The van der Waals surface area contributed by atoms with Gasteiger partial charge >= 0.3 is 0 Å². The monoisotopic (exact) mass is 507 g/mol. The number of halogens is 1. The average molecular weight is 508 g/mol. The molecule has 0 bridgehead atoms. The van der Waals surface area contributed by atoms with E-state index in [1.165, 1.54) is 5.01 Å². The molecule has 2 aromatic carbocycles. The minimum atomic E-state index is -0.323. The van der Waals surface area contributed by atoms with Crippen molar-refractivity contribution in [1.82, 2.24) is 25.6 Å². The smallest absolute Gasteiger partial charge is 0.275 e. The average Bonchev–Trinajstić information content (AvgIpc) is 3.44. The highest BCUT2D eigenvalue weighted by Crippen LogP contribution is 2.30. The van der Waals surface area contributed by atoms with Crippen molar-refractivity contribution in [2.24, 2.45) is 10.2 Å². The maximum absolute atomic E-state index is 13.2. The van der Waals surface area contributed by atoms with E-state index in [0.29, 0.717) is 35.9 Å². The highest BCUT2D eigenvalue weighted by atomic mass is 35.5. The van der Waals surface area contributed by atoms with Crippen LogP contribution in [0.4, 0.5) is 5.69 Å². The second-order valence-corrected chi connectivity index (χ2v) is 7.91. The Kier molecular flexibility index (Phi) is 7.72. The van der Waals surface area contributed by atoms with E-state index in [9.17, 15) is 10.1 Å². The quantitative estimate of drug-likeness (QED) is 0.348. The zero-order chi connectivity index (χ0) is 25.5. The molecule has 3 aromatic rings. The van der Waals surface area contributed by atoms with Crippen LogP contribution in [0, 0.1) is 11.3 Å². The molecule has 1 aliphatic heterocycles. The van der Waals surface area contributed by atoms with Crippen molar-refractivity contribution in [3.8, 4) is 17.6 Å². The number of hydrogen-bond donors (Lipinski definition) is 2. The summed E-state index contributed by atoms with van der Waals surface area (Å²) < 4.78 is 11.0. The number of H-pyrrole nitrogens is 1. The minimum absolute atomic E-state index is 0.0440. The molecule has 0 aliphatic carbocycles. The summed E-state index contributed by atoms with van der Waals surface area (Å²) in [6, 6.07) is 12.2. The molecule has 4 rings (SSSR count). The number of nitrogens with zero attached hydrogens (tertiary/aromatic N) is 7. The van der Waals surface area contributed by atoms with Crippen LogP contribution >= 0.6 is 11.6 Å². The molecule has 0 saturated heterocycles. The fraction of sp³-hybridized carbons (Fsp3) is 0.261. The molecule has 0 saturated carbocycles. The number of nitriles is 1. The fourth-order valence-electron chi connectivity index (χ4n) is 3.52. The number of hydrazone groups is 2. The number of tetrazole rings is 1. The lowest BCUT2D eigenvalue weighted by atomic mass is 10.0. The number of aromatic amines is 1. The molecular weight excluding hydrogens is 486 g/mol. The van der Waals surface area contributed by atoms with E-state index in [1.807, 2.05) is 31.2 Å². The second-order valence-electron chi connectivity index (χ2n) is 7.51. The van der Waals surface area contributed by atoms with Gasteiger partial charge in [0.1, 0.15) is 6.07 Å². The van der Waals surface area contributed by atoms with Crippen LogP contribution in [0.15, 0.2) is 46.6 Å². The van der Waals surface area contributed by atoms with Gasteiger partial charge in [-0.3, -0.25) is 10.2 Å². The van der Waals surface area contributed by atoms with Gasteiger partial charge in [-0.2, -0.15) is 15.5 Å². The van der Waals surface area contributed by atoms with E-state index in [4.69, 9.17) is 21.1 Å². The number of rotatable bonds is 8. The van der Waals surface area contributed by atoms with E-state index in [0.717, 1.165) is 24.1 Å². The van der Waals surface area contributed by atoms with Crippen molar-refractivity contribution in [1.29, 1.82) is 5.26 Å². The maximum atomic E-state index is 13.2. The summed E-state index contributed by atoms with van der Waals surface area (Å²) in [5.74, 6) is 1.05. The van der Waals surface area contributed by atoms with Crippen LogP contribution in [0.1, 0.15) is 41.5 Å². The zero-order valence-electron chi connectivity index (χ0n) is 19.5. The van der Waals surface area contributed by atoms with Gasteiger partial charge in [0, 0.05) is 12.1 Å². The molecule has 0 atom stereocenters.